The molecule has 0 bridgehead atoms. The summed E-state index contributed by atoms with van der Waals surface area (Å²) in [6, 6.07) is 0. The number of unbranched alkanes of at least 4 members (excludes halogenated alkanes) is 1. The molecule has 0 aliphatic rings. The largest absolute Gasteiger partial charge is 0.466 e. The Bertz CT molecular complexity index is 139. The van der Waals surface area contributed by atoms with Gasteiger partial charge < -0.3 is 15.2 Å². The molecule has 0 radical (unpaired) electrons. The van der Waals surface area contributed by atoms with Gasteiger partial charge in [-0.1, -0.05) is 0 Å². The number of hydrogen-bond acceptors (Lipinski definition) is 4. The number of primary amides is 1. The van der Waals surface area contributed by atoms with Crippen molar-refractivity contribution in [1.29, 1.82) is 0 Å². The van der Waals surface area contributed by atoms with Gasteiger partial charge in [0.15, 0.2) is 0 Å². The third-order valence-corrected chi connectivity index (χ3v) is 1.09. The number of carbonyl (C=O) groups excluding carboxylic acids is 2. The van der Waals surface area contributed by atoms with Crippen molar-refractivity contribution in [2.75, 3.05) is 13.2 Å². The Morgan fingerprint density at radius 3 is 2.08 bits per heavy atom. The topological polar surface area (TPSA) is 78.6 Å². The average Bonchev–Trinajstić information content (AvgIpc) is 1.95. The van der Waals surface area contributed by atoms with Crippen LogP contribution in [0.4, 0.5) is 4.79 Å². The lowest BCUT2D eigenvalue weighted by molar-refractivity contribution is -0.141. The molecule has 0 unspecified atom stereocenters. The number of nitrogens with two attached hydrogens (primary N) is 1. The van der Waals surface area contributed by atoms with E-state index in [1.165, 1.54) is 6.92 Å². The van der Waals surface area contributed by atoms with Gasteiger partial charge in [-0.25, -0.2) is 4.79 Å². The van der Waals surface area contributed by atoms with Crippen molar-refractivity contribution >= 4 is 12.1 Å². The van der Waals surface area contributed by atoms with Gasteiger partial charge in [-0.2, -0.15) is 0 Å². The van der Waals surface area contributed by atoms with E-state index in [4.69, 9.17) is 5.73 Å². The van der Waals surface area contributed by atoms with Gasteiger partial charge in [0.1, 0.15) is 0 Å². The Morgan fingerprint density at radius 2 is 1.67 bits per heavy atom. The van der Waals surface area contributed by atoms with Crippen LogP contribution in [0.25, 0.3) is 0 Å². The lowest BCUT2D eigenvalue weighted by Crippen LogP contribution is -2.14. The summed E-state index contributed by atoms with van der Waals surface area (Å²) in [5.41, 5.74) is 4.71. The minimum Gasteiger partial charge on any atom is -0.466 e. The van der Waals surface area contributed by atoms with Crippen LogP contribution in [0.1, 0.15) is 19.8 Å². The van der Waals surface area contributed by atoms with E-state index in [1.807, 2.05) is 0 Å². The molecule has 0 spiro atoms. The van der Waals surface area contributed by atoms with E-state index in [1.54, 1.807) is 0 Å². The van der Waals surface area contributed by atoms with Crippen LogP contribution in [0.5, 0.6) is 0 Å². The number of esters is 1. The molecule has 0 atom stereocenters. The summed E-state index contributed by atoms with van der Waals surface area (Å²) in [5, 5.41) is 0. The molecule has 0 rings (SSSR count). The molecule has 0 aliphatic carbocycles. The molecule has 0 aliphatic heterocycles. The van der Waals surface area contributed by atoms with Gasteiger partial charge in [0.2, 0.25) is 0 Å². The van der Waals surface area contributed by atoms with Gasteiger partial charge >= 0.3 is 12.1 Å². The Hall–Kier alpha value is -1.26. The zero-order valence-electron chi connectivity index (χ0n) is 7.04. The minimum absolute atomic E-state index is 0.274. The standard InChI is InChI=1S/C7H13NO4/c1-6(9)11-4-2-3-5-12-7(8)10/h2-5H2,1H3,(H2,8,10). The number of amides is 1. The summed E-state index contributed by atoms with van der Waals surface area (Å²) in [7, 11) is 0. The molecule has 0 aromatic carbocycles. The van der Waals surface area contributed by atoms with Crippen molar-refractivity contribution in [3.8, 4) is 0 Å². The summed E-state index contributed by atoms with van der Waals surface area (Å²) < 4.78 is 9.09. The predicted octanol–water partition coefficient (Wildman–Crippen LogP) is 0.425. The van der Waals surface area contributed by atoms with Crippen LogP contribution in [-0.4, -0.2) is 25.3 Å². The highest BCUT2D eigenvalue weighted by Gasteiger charge is 1.95. The van der Waals surface area contributed by atoms with E-state index in [9.17, 15) is 9.59 Å². The highest BCUT2D eigenvalue weighted by molar-refractivity contribution is 5.65. The zero-order chi connectivity index (χ0) is 9.40. The van der Waals surface area contributed by atoms with Crippen LogP contribution in [0, 0.1) is 0 Å². The molecular weight excluding hydrogens is 162 g/mol. The summed E-state index contributed by atoms with van der Waals surface area (Å²) in [6.45, 7) is 1.98. The summed E-state index contributed by atoms with van der Waals surface area (Å²) in [6.07, 6.45) is 0.547. The Kier molecular flexibility index (Phi) is 5.77. The van der Waals surface area contributed by atoms with Gasteiger partial charge in [-0.15, -0.1) is 0 Å². The quantitative estimate of drug-likeness (QED) is 0.485. The molecule has 0 aromatic heterocycles. The molecule has 12 heavy (non-hydrogen) atoms. The fraction of sp³-hybridized carbons (Fsp3) is 0.714. The van der Waals surface area contributed by atoms with Crippen molar-refractivity contribution in [3.05, 3.63) is 0 Å². The molecule has 0 saturated heterocycles. The van der Waals surface area contributed by atoms with Gasteiger partial charge in [-0.05, 0) is 12.8 Å². The van der Waals surface area contributed by atoms with Crippen LogP contribution < -0.4 is 5.73 Å². The van der Waals surface area contributed by atoms with Crippen molar-refractivity contribution in [2.45, 2.75) is 19.8 Å². The van der Waals surface area contributed by atoms with Crippen molar-refractivity contribution in [1.82, 2.24) is 0 Å². The van der Waals surface area contributed by atoms with Gasteiger partial charge in [0, 0.05) is 6.92 Å². The Balaban J connectivity index is 3.01. The maximum absolute atomic E-state index is 10.3. The fourth-order valence-corrected chi connectivity index (χ4v) is 0.593. The number of hydrogen-bond donors (Lipinski definition) is 1. The van der Waals surface area contributed by atoms with E-state index < -0.39 is 6.09 Å². The minimum atomic E-state index is -0.775. The molecule has 2 N–H and O–H groups in total. The smallest absolute Gasteiger partial charge is 0.404 e. The Morgan fingerprint density at radius 1 is 1.17 bits per heavy atom. The molecule has 0 heterocycles. The summed E-state index contributed by atoms with van der Waals surface area (Å²) in [5.74, 6) is -0.300. The van der Waals surface area contributed by atoms with Gasteiger partial charge in [-0.3, -0.25) is 4.79 Å². The zero-order valence-corrected chi connectivity index (χ0v) is 7.04. The first-order valence-electron chi connectivity index (χ1n) is 3.68. The molecule has 0 aromatic rings. The van der Waals surface area contributed by atoms with Crippen LogP contribution in [0.3, 0.4) is 0 Å². The first kappa shape index (κ1) is 10.7. The third kappa shape index (κ3) is 8.74. The highest BCUT2D eigenvalue weighted by Crippen LogP contribution is 1.91. The number of carbonyl (C=O) groups is 2. The predicted molar refractivity (Wildman–Crippen MR) is 41.4 cm³/mol. The number of ether oxygens (including phenoxy) is 2. The second-order valence-corrected chi connectivity index (χ2v) is 2.21. The first-order valence-corrected chi connectivity index (χ1v) is 3.68. The number of rotatable bonds is 5. The van der Waals surface area contributed by atoms with Crippen LogP contribution in [0.15, 0.2) is 0 Å². The first-order chi connectivity index (χ1) is 5.63. The van der Waals surface area contributed by atoms with Crippen molar-refractivity contribution in [3.63, 3.8) is 0 Å². The average molecular weight is 175 g/mol. The molecule has 0 fully saturated rings. The molecular formula is C7H13NO4. The second kappa shape index (κ2) is 6.45. The highest BCUT2D eigenvalue weighted by atomic mass is 16.5. The van der Waals surface area contributed by atoms with Gasteiger partial charge in [0.05, 0.1) is 13.2 Å². The molecule has 1 amide bonds. The maximum Gasteiger partial charge on any atom is 0.404 e. The van der Waals surface area contributed by atoms with Crippen molar-refractivity contribution < 1.29 is 19.1 Å². The van der Waals surface area contributed by atoms with Gasteiger partial charge in [0.25, 0.3) is 0 Å². The molecule has 5 heteroatoms. The second-order valence-electron chi connectivity index (χ2n) is 2.21. The maximum atomic E-state index is 10.3. The summed E-state index contributed by atoms with van der Waals surface area (Å²) >= 11 is 0. The summed E-state index contributed by atoms with van der Waals surface area (Å²) in [4.78, 5) is 20.3. The third-order valence-electron chi connectivity index (χ3n) is 1.09. The normalized spacial score (nSPS) is 9.08. The monoisotopic (exact) mass is 175 g/mol. The van der Waals surface area contributed by atoms with E-state index in [0.717, 1.165) is 0 Å². The SMILES string of the molecule is CC(=O)OCCCCOC(N)=O. The molecule has 0 saturated carbocycles. The molecule has 70 valence electrons. The Labute approximate surface area is 70.8 Å². The van der Waals surface area contributed by atoms with Crippen LogP contribution in [0.2, 0.25) is 0 Å². The van der Waals surface area contributed by atoms with E-state index in [-0.39, 0.29) is 12.6 Å². The van der Waals surface area contributed by atoms with E-state index in [0.29, 0.717) is 19.4 Å². The lowest BCUT2D eigenvalue weighted by atomic mass is 10.3. The lowest BCUT2D eigenvalue weighted by Gasteiger charge is -2.01. The van der Waals surface area contributed by atoms with E-state index in [2.05, 4.69) is 9.47 Å². The van der Waals surface area contributed by atoms with Crippen LogP contribution in [-0.2, 0) is 14.3 Å². The fourth-order valence-electron chi connectivity index (χ4n) is 0.593. The van der Waals surface area contributed by atoms with Crippen molar-refractivity contribution in [2.24, 2.45) is 5.73 Å². The van der Waals surface area contributed by atoms with E-state index >= 15 is 0 Å². The molecule has 5 nitrogen and oxygen atoms in total. The van der Waals surface area contributed by atoms with Crippen LogP contribution >= 0.6 is 0 Å².